The van der Waals surface area contributed by atoms with E-state index in [-0.39, 0.29) is 5.92 Å². The third-order valence-electron chi connectivity index (χ3n) is 4.04. The average molecular weight is 419 g/mol. The second-order valence-electron chi connectivity index (χ2n) is 6.56. The summed E-state index contributed by atoms with van der Waals surface area (Å²) in [5.41, 5.74) is 0.828. The number of para-hydroxylation sites is 2. The van der Waals surface area contributed by atoms with Gasteiger partial charge in [0.15, 0.2) is 6.61 Å². The van der Waals surface area contributed by atoms with Crippen LogP contribution in [0.25, 0.3) is 0 Å². The van der Waals surface area contributed by atoms with Gasteiger partial charge in [-0.2, -0.15) is 0 Å². The zero-order valence-electron chi connectivity index (χ0n) is 16.4. The van der Waals surface area contributed by atoms with Gasteiger partial charge in [-0.3, -0.25) is 9.59 Å². The van der Waals surface area contributed by atoms with E-state index in [1.54, 1.807) is 62.4 Å². The lowest BCUT2D eigenvalue weighted by atomic mass is 10.0. The Labute approximate surface area is 174 Å². The number of nitrogens with one attached hydrogen (secondary N) is 2. The minimum absolute atomic E-state index is 0.240. The van der Waals surface area contributed by atoms with Crippen LogP contribution >= 0.6 is 11.6 Å². The number of anilines is 1. The van der Waals surface area contributed by atoms with E-state index in [0.29, 0.717) is 22.0 Å². The molecule has 0 aliphatic heterocycles. The summed E-state index contributed by atoms with van der Waals surface area (Å²) in [6, 6.07) is 12.3. The molecule has 0 aliphatic carbocycles. The Morgan fingerprint density at radius 1 is 1.03 bits per heavy atom. The molecule has 29 heavy (non-hydrogen) atoms. The van der Waals surface area contributed by atoms with Crippen LogP contribution in [-0.4, -0.2) is 37.5 Å². The number of rotatable bonds is 8. The van der Waals surface area contributed by atoms with Crippen LogP contribution < -0.4 is 15.4 Å². The van der Waals surface area contributed by atoms with E-state index in [2.05, 4.69) is 10.6 Å². The molecule has 2 aromatic rings. The molecular weight excluding hydrogens is 396 g/mol. The number of halogens is 1. The average Bonchev–Trinajstić information content (AvgIpc) is 2.70. The molecule has 2 amide bonds. The van der Waals surface area contributed by atoms with Crippen molar-refractivity contribution in [1.29, 1.82) is 0 Å². The van der Waals surface area contributed by atoms with Gasteiger partial charge in [0.25, 0.3) is 11.8 Å². The van der Waals surface area contributed by atoms with Crippen LogP contribution in [0.3, 0.4) is 0 Å². The largest absolute Gasteiger partial charge is 0.495 e. The standard InChI is InChI=1S/C21H23ClN2O5/c1-13(2)19(24-20(26)14-8-10-15(22)11-9-14)21(27)29-12-18(25)23-16-6-4-5-7-17(16)28-3/h4-11,13,19H,12H2,1-3H3,(H,23,25)(H,24,26)/t19-/m1/s1. The molecule has 7 nitrogen and oxygen atoms in total. The predicted molar refractivity (Wildman–Crippen MR) is 110 cm³/mol. The Kier molecular flexibility index (Phi) is 8.03. The summed E-state index contributed by atoms with van der Waals surface area (Å²) in [6.45, 7) is 3.04. The molecule has 8 heteroatoms. The van der Waals surface area contributed by atoms with Gasteiger partial charge in [0.05, 0.1) is 12.8 Å². The molecule has 0 unspecified atom stereocenters. The lowest BCUT2D eigenvalue weighted by Crippen LogP contribution is -2.45. The predicted octanol–water partition coefficient (Wildman–Crippen LogP) is 3.28. The van der Waals surface area contributed by atoms with E-state index >= 15 is 0 Å². The number of amides is 2. The van der Waals surface area contributed by atoms with Gasteiger partial charge >= 0.3 is 5.97 Å². The van der Waals surface area contributed by atoms with Crippen LogP contribution in [0.5, 0.6) is 5.75 Å². The van der Waals surface area contributed by atoms with E-state index in [1.807, 2.05) is 0 Å². The number of esters is 1. The summed E-state index contributed by atoms with van der Waals surface area (Å²) in [5, 5.41) is 5.75. The maximum absolute atomic E-state index is 12.4. The third kappa shape index (κ3) is 6.50. The van der Waals surface area contributed by atoms with Crippen molar-refractivity contribution < 1.29 is 23.9 Å². The molecule has 0 spiro atoms. The van der Waals surface area contributed by atoms with Crippen molar-refractivity contribution in [2.24, 2.45) is 5.92 Å². The van der Waals surface area contributed by atoms with Gasteiger partial charge in [0.1, 0.15) is 11.8 Å². The number of benzene rings is 2. The van der Waals surface area contributed by atoms with Crippen molar-refractivity contribution >= 4 is 35.1 Å². The fraction of sp³-hybridized carbons (Fsp3) is 0.286. The second kappa shape index (κ2) is 10.5. The Hall–Kier alpha value is -3.06. The first-order valence-corrected chi connectivity index (χ1v) is 9.35. The van der Waals surface area contributed by atoms with Crippen LogP contribution in [0, 0.1) is 5.92 Å². The zero-order valence-corrected chi connectivity index (χ0v) is 17.2. The van der Waals surface area contributed by atoms with Crippen LogP contribution in [0.2, 0.25) is 5.02 Å². The maximum atomic E-state index is 12.4. The van der Waals surface area contributed by atoms with Crippen molar-refractivity contribution in [2.75, 3.05) is 19.0 Å². The number of hydrogen-bond donors (Lipinski definition) is 2. The second-order valence-corrected chi connectivity index (χ2v) is 6.99. The minimum atomic E-state index is -0.905. The highest BCUT2D eigenvalue weighted by atomic mass is 35.5. The molecule has 0 bridgehead atoms. The summed E-state index contributed by atoms with van der Waals surface area (Å²) < 4.78 is 10.3. The molecule has 2 aromatic carbocycles. The van der Waals surface area contributed by atoms with E-state index in [1.165, 1.54) is 7.11 Å². The Morgan fingerprint density at radius 2 is 1.69 bits per heavy atom. The van der Waals surface area contributed by atoms with Gasteiger partial charge in [-0.15, -0.1) is 0 Å². The van der Waals surface area contributed by atoms with E-state index in [9.17, 15) is 14.4 Å². The van der Waals surface area contributed by atoms with Gasteiger partial charge in [-0.1, -0.05) is 37.6 Å². The summed E-state index contributed by atoms with van der Waals surface area (Å²) in [7, 11) is 1.49. The monoisotopic (exact) mass is 418 g/mol. The van der Waals surface area contributed by atoms with E-state index in [4.69, 9.17) is 21.1 Å². The molecule has 154 valence electrons. The van der Waals surface area contributed by atoms with Gasteiger partial charge in [0, 0.05) is 10.6 Å². The fourth-order valence-corrected chi connectivity index (χ4v) is 2.61. The smallest absolute Gasteiger partial charge is 0.329 e. The molecule has 0 heterocycles. The Bertz CT molecular complexity index is 868. The lowest BCUT2D eigenvalue weighted by Gasteiger charge is -2.21. The minimum Gasteiger partial charge on any atom is -0.495 e. The highest BCUT2D eigenvalue weighted by Gasteiger charge is 2.27. The van der Waals surface area contributed by atoms with Crippen molar-refractivity contribution in [2.45, 2.75) is 19.9 Å². The van der Waals surface area contributed by atoms with Gasteiger partial charge < -0.3 is 20.1 Å². The molecule has 1 atom stereocenters. The van der Waals surface area contributed by atoms with E-state index in [0.717, 1.165) is 0 Å². The highest BCUT2D eigenvalue weighted by Crippen LogP contribution is 2.22. The SMILES string of the molecule is COc1ccccc1NC(=O)COC(=O)[C@H](NC(=O)c1ccc(Cl)cc1)C(C)C. The van der Waals surface area contributed by atoms with Crippen molar-refractivity contribution in [3.05, 3.63) is 59.1 Å². The molecule has 0 saturated carbocycles. The zero-order chi connectivity index (χ0) is 21.4. The number of carbonyl (C=O) groups excluding carboxylic acids is 3. The lowest BCUT2D eigenvalue weighted by molar-refractivity contribution is -0.150. The van der Waals surface area contributed by atoms with Gasteiger partial charge in [-0.25, -0.2) is 4.79 Å². The van der Waals surface area contributed by atoms with Gasteiger partial charge in [-0.05, 0) is 42.3 Å². The summed E-state index contributed by atoms with van der Waals surface area (Å²) >= 11 is 5.82. The molecule has 2 N–H and O–H groups in total. The molecule has 0 aromatic heterocycles. The van der Waals surface area contributed by atoms with Crippen LogP contribution in [0.1, 0.15) is 24.2 Å². The number of methoxy groups -OCH3 is 1. The third-order valence-corrected chi connectivity index (χ3v) is 4.29. The first-order chi connectivity index (χ1) is 13.8. The molecular formula is C21H23ClN2O5. The summed E-state index contributed by atoms with van der Waals surface area (Å²) in [5.74, 6) is -1.40. The van der Waals surface area contributed by atoms with Crippen LogP contribution in [0.4, 0.5) is 5.69 Å². The summed E-state index contributed by atoms with van der Waals surface area (Å²) in [6.07, 6.45) is 0. The van der Waals surface area contributed by atoms with Crippen LogP contribution in [0.15, 0.2) is 48.5 Å². The van der Waals surface area contributed by atoms with Crippen molar-refractivity contribution in [1.82, 2.24) is 5.32 Å². The molecule has 2 rings (SSSR count). The van der Waals surface area contributed by atoms with Crippen LogP contribution in [-0.2, 0) is 14.3 Å². The molecule has 0 aliphatic rings. The number of ether oxygens (including phenoxy) is 2. The van der Waals surface area contributed by atoms with Crippen molar-refractivity contribution in [3.8, 4) is 5.75 Å². The topological polar surface area (TPSA) is 93.7 Å². The number of hydrogen-bond acceptors (Lipinski definition) is 5. The molecule has 0 saturated heterocycles. The van der Waals surface area contributed by atoms with Crippen molar-refractivity contribution in [3.63, 3.8) is 0 Å². The Morgan fingerprint density at radius 3 is 2.31 bits per heavy atom. The first-order valence-electron chi connectivity index (χ1n) is 8.97. The molecule has 0 radical (unpaired) electrons. The maximum Gasteiger partial charge on any atom is 0.329 e. The van der Waals surface area contributed by atoms with E-state index < -0.39 is 30.4 Å². The quantitative estimate of drug-likeness (QED) is 0.641. The normalized spacial score (nSPS) is 11.5. The highest BCUT2D eigenvalue weighted by molar-refractivity contribution is 6.30. The first kappa shape index (κ1) is 22.2. The Balaban J connectivity index is 1.94. The number of carbonyl (C=O) groups is 3. The fourth-order valence-electron chi connectivity index (χ4n) is 2.48. The van der Waals surface area contributed by atoms with Gasteiger partial charge in [0.2, 0.25) is 0 Å². The summed E-state index contributed by atoms with van der Waals surface area (Å²) in [4.78, 5) is 36.9. The molecule has 0 fully saturated rings.